The number of methoxy groups -OCH3 is 1. The predicted molar refractivity (Wildman–Crippen MR) is 90.9 cm³/mol. The Morgan fingerprint density at radius 3 is 3.04 bits per heavy atom. The van der Waals surface area contributed by atoms with Crippen LogP contribution >= 0.6 is 11.8 Å². The van der Waals surface area contributed by atoms with Gasteiger partial charge in [0.1, 0.15) is 11.3 Å². The summed E-state index contributed by atoms with van der Waals surface area (Å²) in [4.78, 5) is 22.3. The molecule has 2 rings (SSSR count). The molecule has 1 amide bonds. The summed E-state index contributed by atoms with van der Waals surface area (Å²) in [6.07, 6.45) is 1.10. The minimum absolute atomic E-state index is 0.154. The first kappa shape index (κ1) is 18.3. The number of amidine groups is 1. The lowest BCUT2D eigenvalue weighted by molar-refractivity contribution is -0.138. The molecule has 1 aromatic carbocycles. The zero-order valence-electron chi connectivity index (χ0n) is 13.1. The van der Waals surface area contributed by atoms with E-state index in [-0.39, 0.29) is 18.2 Å². The summed E-state index contributed by atoms with van der Waals surface area (Å²) >= 11 is 1.00. The minimum atomic E-state index is -1.06. The smallest absolute Gasteiger partial charge is 0.305 e. The van der Waals surface area contributed by atoms with Crippen LogP contribution in [0.3, 0.4) is 0 Å². The van der Waals surface area contributed by atoms with Crippen molar-refractivity contribution in [3.05, 3.63) is 23.8 Å². The normalized spacial score (nSPS) is 18.2. The van der Waals surface area contributed by atoms with Crippen LogP contribution in [0.15, 0.2) is 28.4 Å². The molecule has 0 saturated carbocycles. The Labute approximate surface area is 147 Å². The molecule has 0 spiro atoms. The predicted octanol–water partition coefficient (Wildman–Crippen LogP) is 0.994. The van der Waals surface area contributed by atoms with E-state index in [1.807, 2.05) is 6.07 Å². The lowest BCUT2D eigenvalue weighted by Gasteiger charge is -2.10. The third-order valence-electron chi connectivity index (χ3n) is 2.99. The number of rotatable bonds is 7. The molecule has 1 aromatic rings. The van der Waals surface area contributed by atoms with Crippen molar-refractivity contribution in [2.24, 2.45) is 10.2 Å². The second-order valence-corrected chi connectivity index (χ2v) is 5.86. The number of carbonyl (C=O) groups excluding carboxylic acids is 1. The van der Waals surface area contributed by atoms with Gasteiger partial charge in [0.05, 0.1) is 19.7 Å². The number of aliphatic carboxylic acids is 1. The lowest BCUT2D eigenvalue weighted by atomic mass is 10.2. The number of nitrogens with zero attached hydrogens (tertiary/aromatic N) is 3. The number of hydrogen-bond acceptors (Lipinski definition) is 8. The fourth-order valence-corrected chi connectivity index (χ4v) is 2.86. The average molecular weight is 362 g/mol. The number of ether oxygens (including phenoxy) is 2. The molecule has 130 valence electrons. The molecule has 25 heavy (non-hydrogen) atoms. The van der Waals surface area contributed by atoms with Crippen LogP contribution in [0.1, 0.15) is 12.0 Å². The van der Waals surface area contributed by atoms with Gasteiger partial charge in [-0.15, -0.1) is 5.10 Å². The highest BCUT2D eigenvalue weighted by molar-refractivity contribution is 8.15. The maximum atomic E-state index is 11.6. The van der Waals surface area contributed by atoms with Crippen molar-refractivity contribution in [3.63, 3.8) is 0 Å². The molecule has 0 radical (unpaired) electrons. The summed E-state index contributed by atoms with van der Waals surface area (Å²) in [7, 11) is 1.48. The van der Waals surface area contributed by atoms with Crippen LogP contribution < -0.4 is 14.8 Å². The van der Waals surface area contributed by atoms with Crippen LogP contribution in [-0.2, 0) is 9.59 Å². The Balaban J connectivity index is 2.13. The van der Waals surface area contributed by atoms with Gasteiger partial charge in [-0.2, -0.15) is 10.4 Å². The highest BCUT2D eigenvalue weighted by atomic mass is 32.2. The van der Waals surface area contributed by atoms with Crippen molar-refractivity contribution in [1.82, 2.24) is 5.32 Å². The first-order valence-corrected chi connectivity index (χ1v) is 7.90. The van der Waals surface area contributed by atoms with Gasteiger partial charge in [-0.25, -0.2) is 0 Å². The summed E-state index contributed by atoms with van der Waals surface area (Å²) in [6, 6.07) is 6.98. The number of benzene rings is 1. The quantitative estimate of drug-likeness (QED) is 0.546. The Morgan fingerprint density at radius 1 is 1.56 bits per heavy atom. The standard InChI is InChI=1S/C15H14N4O5S/c1-23-10-4-2-3-9(13(10)24-6-5-16)8-17-19-15-18-14(22)11(25-15)7-12(20)21/h2-4,8,11H,6-7H2,1H3,(H,20,21)(H,18,19,22). The zero-order valence-corrected chi connectivity index (χ0v) is 13.9. The Bertz CT molecular complexity index is 772. The van der Waals surface area contributed by atoms with E-state index in [1.165, 1.54) is 13.3 Å². The van der Waals surface area contributed by atoms with Crippen LogP contribution in [0.4, 0.5) is 0 Å². The number of carbonyl (C=O) groups is 2. The van der Waals surface area contributed by atoms with Crippen LogP contribution in [0, 0.1) is 11.3 Å². The van der Waals surface area contributed by atoms with Crippen molar-refractivity contribution in [2.75, 3.05) is 13.7 Å². The fourth-order valence-electron chi connectivity index (χ4n) is 1.94. The van der Waals surface area contributed by atoms with Crippen LogP contribution in [0.2, 0.25) is 0 Å². The average Bonchev–Trinajstić information content (AvgIpc) is 2.92. The maximum absolute atomic E-state index is 11.6. The minimum Gasteiger partial charge on any atom is -0.493 e. The summed E-state index contributed by atoms with van der Waals surface area (Å²) in [5.41, 5.74) is 0.537. The summed E-state index contributed by atoms with van der Waals surface area (Å²) in [6.45, 7) is -0.154. The van der Waals surface area contributed by atoms with E-state index in [0.29, 0.717) is 17.1 Å². The van der Waals surface area contributed by atoms with E-state index in [1.54, 1.807) is 18.2 Å². The summed E-state index contributed by atoms with van der Waals surface area (Å²) in [5, 5.41) is 27.1. The van der Waals surface area contributed by atoms with Gasteiger partial charge in [-0.3, -0.25) is 9.59 Å². The molecular weight excluding hydrogens is 348 g/mol. The first-order chi connectivity index (χ1) is 12.0. The molecule has 1 unspecified atom stereocenters. The number of nitriles is 1. The van der Waals surface area contributed by atoms with Crippen molar-refractivity contribution in [2.45, 2.75) is 11.7 Å². The molecule has 1 aliphatic heterocycles. The van der Waals surface area contributed by atoms with Crippen molar-refractivity contribution in [1.29, 1.82) is 5.26 Å². The molecule has 1 saturated heterocycles. The molecule has 0 aliphatic carbocycles. The highest BCUT2D eigenvalue weighted by Gasteiger charge is 2.32. The second-order valence-electron chi connectivity index (χ2n) is 4.67. The van der Waals surface area contributed by atoms with Gasteiger partial charge in [0, 0.05) is 5.56 Å². The molecule has 1 atom stereocenters. The largest absolute Gasteiger partial charge is 0.493 e. The number of thioether (sulfide) groups is 1. The van der Waals surface area contributed by atoms with Crippen molar-refractivity contribution in [3.8, 4) is 17.6 Å². The van der Waals surface area contributed by atoms with Gasteiger partial charge in [0.2, 0.25) is 5.91 Å². The van der Waals surface area contributed by atoms with Gasteiger partial charge in [-0.1, -0.05) is 17.8 Å². The third kappa shape index (κ3) is 4.95. The molecule has 9 nitrogen and oxygen atoms in total. The van der Waals surface area contributed by atoms with E-state index in [2.05, 4.69) is 15.5 Å². The SMILES string of the molecule is COc1cccc(C=NN=C2NC(=O)C(CC(=O)O)S2)c1OCC#N. The van der Waals surface area contributed by atoms with Crippen LogP contribution in [0.25, 0.3) is 0 Å². The highest BCUT2D eigenvalue weighted by Crippen LogP contribution is 2.30. The number of amides is 1. The first-order valence-electron chi connectivity index (χ1n) is 7.02. The van der Waals surface area contributed by atoms with Crippen molar-refractivity contribution >= 4 is 35.0 Å². The van der Waals surface area contributed by atoms with Gasteiger partial charge in [-0.05, 0) is 12.1 Å². The molecule has 0 bridgehead atoms. The number of carboxylic acid groups (broad SMARTS) is 1. The van der Waals surface area contributed by atoms with Crippen molar-refractivity contribution < 1.29 is 24.2 Å². The second kappa shape index (κ2) is 8.70. The van der Waals surface area contributed by atoms with Gasteiger partial charge >= 0.3 is 5.97 Å². The summed E-state index contributed by atoms with van der Waals surface area (Å²) in [5.74, 6) is -0.687. The van der Waals surface area contributed by atoms with Gasteiger partial charge < -0.3 is 19.9 Å². The Hall–Kier alpha value is -3.06. The number of hydrogen-bond donors (Lipinski definition) is 2. The summed E-state index contributed by atoms with van der Waals surface area (Å²) < 4.78 is 10.5. The number of para-hydroxylation sites is 1. The zero-order chi connectivity index (χ0) is 18.2. The molecule has 1 heterocycles. The molecule has 10 heteroatoms. The fraction of sp³-hybridized carbons (Fsp3) is 0.267. The molecule has 1 aliphatic rings. The van der Waals surface area contributed by atoms with E-state index < -0.39 is 17.1 Å². The topological polar surface area (TPSA) is 133 Å². The van der Waals surface area contributed by atoms with E-state index in [0.717, 1.165) is 11.8 Å². The monoisotopic (exact) mass is 362 g/mol. The lowest BCUT2D eigenvalue weighted by Crippen LogP contribution is -2.26. The molecular formula is C15H14N4O5S. The van der Waals surface area contributed by atoms with E-state index >= 15 is 0 Å². The van der Waals surface area contributed by atoms with Crippen LogP contribution in [0.5, 0.6) is 11.5 Å². The number of carboxylic acids is 1. The number of nitrogens with one attached hydrogen (secondary N) is 1. The Kier molecular flexibility index (Phi) is 6.36. The maximum Gasteiger partial charge on any atom is 0.305 e. The Morgan fingerprint density at radius 2 is 2.36 bits per heavy atom. The van der Waals surface area contributed by atoms with E-state index in [9.17, 15) is 9.59 Å². The third-order valence-corrected chi connectivity index (χ3v) is 4.06. The molecule has 0 aromatic heterocycles. The van der Waals surface area contributed by atoms with Gasteiger partial charge in [0.25, 0.3) is 0 Å². The molecule has 2 N–H and O–H groups in total. The van der Waals surface area contributed by atoms with E-state index in [4.69, 9.17) is 19.8 Å². The molecule has 1 fully saturated rings. The van der Waals surface area contributed by atoms with Gasteiger partial charge in [0.15, 0.2) is 23.3 Å². The van der Waals surface area contributed by atoms with Crippen LogP contribution in [-0.4, -0.2) is 47.3 Å².